The van der Waals surface area contributed by atoms with Crippen LogP contribution in [0, 0.1) is 11.8 Å². The molecule has 0 spiro atoms. The smallest absolute Gasteiger partial charge is 0.329 e. The van der Waals surface area contributed by atoms with Gasteiger partial charge in [0.1, 0.15) is 6.10 Å². The van der Waals surface area contributed by atoms with Crippen LogP contribution in [0.25, 0.3) is 11.0 Å². The van der Waals surface area contributed by atoms with Crippen molar-refractivity contribution in [3.63, 3.8) is 0 Å². The molecule has 0 aliphatic carbocycles. The predicted molar refractivity (Wildman–Crippen MR) is 112 cm³/mol. The first-order chi connectivity index (χ1) is 13.6. The van der Waals surface area contributed by atoms with Crippen LogP contribution in [0.4, 0.5) is 0 Å². The maximum absolute atomic E-state index is 13.0. The Morgan fingerprint density at radius 3 is 2.75 bits per heavy atom. The van der Waals surface area contributed by atoms with Crippen molar-refractivity contribution in [2.75, 3.05) is 26.2 Å². The standard InChI is InChI=1S/C22H30N4O2/c1-16(28-19-10-13-23-14-11-19)8-9-17-5-3-7-20-21(17)25(2)22(27)26(20)18-6-4-12-24-15-18/h3,5,7,16,18-19,23-24H,4,6,10-15H2,1-2H3/t16-,18?/m0/s1. The van der Waals surface area contributed by atoms with Gasteiger partial charge in [0.25, 0.3) is 0 Å². The van der Waals surface area contributed by atoms with Crippen molar-refractivity contribution < 1.29 is 4.74 Å². The van der Waals surface area contributed by atoms with Crippen LogP contribution in [0.2, 0.25) is 0 Å². The number of benzene rings is 1. The summed E-state index contributed by atoms with van der Waals surface area (Å²) in [6.45, 7) is 5.90. The molecule has 0 amide bonds. The lowest BCUT2D eigenvalue weighted by molar-refractivity contribution is 0.00970. The number of imidazole rings is 1. The molecule has 0 bridgehead atoms. The number of fused-ring (bicyclic) bond motifs is 1. The number of nitrogens with zero attached hydrogens (tertiary/aromatic N) is 2. The van der Waals surface area contributed by atoms with Crippen LogP contribution in [0.3, 0.4) is 0 Å². The van der Waals surface area contributed by atoms with Crippen molar-refractivity contribution >= 4 is 11.0 Å². The van der Waals surface area contributed by atoms with Crippen molar-refractivity contribution in [1.82, 2.24) is 19.8 Å². The van der Waals surface area contributed by atoms with E-state index in [9.17, 15) is 4.79 Å². The predicted octanol–water partition coefficient (Wildman–Crippen LogP) is 1.77. The normalized spacial score (nSPS) is 22.0. The number of para-hydroxylation sites is 1. The summed E-state index contributed by atoms with van der Waals surface area (Å²) < 4.78 is 9.77. The van der Waals surface area contributed by atoms with E-state index >= 15 is 0 Å². The Morgan fingerprint density at radius 2 is 2.00 bits per heavy atom. The zero-order valence-electron chi connectivity index (χ0n) is 16.8. The van der Waals surface area contributed by atoms with Gasteiger partial charge < -0.3 is 15.4 Å². The minimum absolute atomic E-state index is 0.0388. The highest BCUT2D eigenvalue weighted by molar-refractivity contribution is 5.83. The van der Waals surface area contributed by atoms with Gasteiger partial charge in [-0.3, -0.25) is 9.13 Å². The van der Waals surface area contributed by atoms with Crippen LogP contribution in [0.15, 0.2) is 23.0 Å². The minimum atomic E-state index is -0.125. The fourth-order valence-electron chi connectivity index (χ4n) is 4.38. The molecule has 1 unspecified atom stereocenters. The number of hydrogen-bond donors (Lipinski definition) is 2. The Bertz CT molecular complexity index is 937. The van der Waals surface area contributed by atoms with Crippen molar-refractivity contribution in [2.45, 2.75) is 50.9 Å². The Hall–Kier alpha value is -2.07. The van der Waals surface area contributed by atoms with E-state index in [0.29, 0.717) is 0 Å². The lowest BCUT2D eigenvalue weighted by Gasteiger charge is -2.24. The van der Waals surface area contributed by atoms with Gasteiger partial charge in [0.15, 0.2) is 0 Å². The molecule has 0 radical (unpaired) electrons. The van der Waals surface area contributed by atoms with Gasteiger partial charge in [0, 0.05) is 13.6 Å². The molecular formula is C22H30N4O2. The molecule has 6 nitrogen and oxygen atoms in total. The zero-order valence-corrected chi connectivity index (χ0v) is 16.8. The highest BCUT2D eigenvalue weighted by atomic mass is 16.5. The fraction of sp³-hybridized carbons (Fsp3) is 0.591. The van der Waals surface area contributed by atoms with Crippen molar-refractivity contribution in [2.24, 2.45) is 7.05 Å². The van der Waals surface area contributed by atoms with Crippen molar-refractivity contribution in [1.29, 1.82) is 0 Å². The first kappa shape index (κ1) is 19.3. The molecule has 4 rings (SSSR count). The second-order valence-corrected chi connectivity index (χ2v) is 7.88. The third-order valence-electron chi connectivity index (χ3n) is 5.83. The summed E-state index contributed by atoms with van der Waals surface area (Å²) in [5.41, 5.74) is 2.82. The molecule has 0 saturated carbocycles. The van der Waals surface area contributed by atoms with Gasteiger partial charge in [-0.1, -0.05) is 17.9 Å². The van der Waals surface area contributed by atoms with E-state index in [1.165, 1.54) is 0 Å². The maximum atomic E-state index is 13.0. The number of hydrogen-bond acceptors (Lipinski definition) is 4. The highest BCUT2D eigenvalue weighted by Crippen LogP contribution is 2.23. The molecule has 28 heavy (non-hydrogen) atoms. The average Bonchev–Trinajstić information content (AvgIpc) is 2.99. The molecule has 3 heterocycles. The summed E-state index contributed by atoms with van der Waals surface area (Å²) in [6.07, 6.45) is 4.36. The monoisotopic (exact) mass is 382 g/mol. The molecule has 2 saturated heterocycles. The van der Waals surface area contributed by atoms with E-state index in [1.807, 2.05) is 36.7 Å². The second kappa shape index (κ2) is 8.52. The van der Waals surface area contributed by atoms with E-state index in [-0.39, 0.29) is 23.9 Å². The number of piperidine rings is 2. The lowest BCUT2D eigenvalue weighted by Crippen LogP contribution is -2.36. The second-order valence-electron chi connectivity index (χ2n) is 7.88. The average molecular weight is 383 g/mol. The molecule has 150 valence electrons. The van der Waals surface area contributed by atoms with Crippen LogP contribution < -0.4 is 16.3 Å². The van der Waals surface area contributed by atoms with Crippen molar-refractivity contribution in [3.05, 3.63) is 34.2 Å². The summed E-state index contributed by atoms with van der Waals surface area (Å²) in [5, 5.41) is 6.76. The Kier molecular flexibility index (Phi) is 5.86. The number of rotatable bonds is 3. The summed E-state index contributed by atoms with van der Waals surface area (Å²) in [7, 11) is 1.84. The fourth-order valence-corrected chi connectivity index (χ4v) is 4.38. The number of aromatic nitrogens is 2. The van der Waals surface area contributed by atoms with Gasteiger partial charge in [0.05, 0.1) is 28.7 Å². The van der Waals surface area contributed by atoms with E-state index < -0.39 is 0 Å². The van der Waals surface area contributed by atoms with Crippen LogP contribution >= 0.6 is 0 Å². The Balaban J connectivity index is 1.62. The van der Waals surface area contributed by atoms with E-state index in [1.54, 1.807) is 4.57 Å². The van der Waals surface area contributed by atoms with Gasteiger partial charge in [-0.2, -0.15) is 0 Å². The molecule has 1 aromatic carbocycles. The first-order valence-electron chi connectivity index (χ1n) is 10.4. The molecule has 2 aromatic rings. The van der Waals surface area contributed by atoms with Gasteiger partial charge in [-0.05, 0) is 64.4 Å². The lowest BCUT2D eigenvalue weighted by atomic mass is 10.1. The quantitative estimate of drug-likeness (QED) is 0.795. The molecule has 2 aliphatic rings. The van der Waals surface area contributed by atoms with Gasteiger partial charge in [-0.25, -0.2) is 4.79 Å². The number of ether oxygens (including phenoxy) is 1. The SMILES string of the molecule is C[C@@H](C#Cc1cccc2c1n(C)c(=O)n2C1CCCNC1)OC1CCNCC1. The number of aryl methyl sites for hydroxylation is 1. The molecule has 2 aliphatic heterocycles. The molecule has 1 aromatic heterocycles. The minimum Gasteiger partial charge on any atom is -0.362 e. The van der Waals surface area contributed by atoms with Gasteiger partial charge in [-0.15, -0.1) is 0 Å². The van der Waals surface area contributed by atoms with Crippen LogP contribution in [-0.4, -0.2) is 47.5 Å². The Labute approximate surface area is 166 Å². The maximum Gasteiger partial charge on any atom is 0.329 e. The zero-order chi connectivity index (χ0) is 19.5. The molecule has 6 heteroatoms. The highest BCUT2D eigenvalue weighted by Gasteiger charge is 2.22. The molecular weight excluding hydrogens is 352 g/mol. The van der Waals surface area contributed by atoms with Crippen molar-refractivity contribution in [3.8, 4) is 11.8 Å². The van der Waals surface area contributed by atoms with Crippen LogP contribution in [-0.2, 0) is 11.8 Å². The van der Waals surface area contributed by atoms with Gasteiger partial charge >= 0.3 is 5.69 Å². The molecule has 2 fully saturated rings. The number of nitrogens with one attached hydrogen (secondary N) is 2. The topological polar surface area (TPSA) is 60.2 Å². The first-order valence-corrected chi connectivity index (χ1v) is 10.4. The van der Waals surface area contributed by atoms with Gasteiger partial charge in [0.2, 0.25) is 0 Å². The molecule has 2 atom stereocenters. The summed E-state index contributed by atoms with van der Waals surface area (Å²) in [6, 6.07) is 6.23. The Morgan fingerprint density at radius 1 is 1.18 bits per heavy atom. The largest absolute Gasteiger partial charge is 0.362 e. The van der Waals surface area contributed by atoms with Crippen LogP contribution in [0.5, 0.6) is 0 Å². The summed E-state index contributed by atoms with van der Waals surface area (Å²) >= 11 is 0. The summed E-state index contributed by atoms with van der Waals surface area (Å²) in [5.74, 6) is 6.53. The van der Waals surface area contributed by atoms with Crippen LogP contribution in [0.1, 0.15) is 44.2 Å². The van der Waals surface area contributed by atoms with E-state index in [4.69, 9.17) is 4.74 Å². The summed E-state index contributed by atoms with van der Waals surface area (Å²) in [4.78, 5) is 13.0. The van der Waals surface area contributed by atoms with E-state index in [0.717, 1.165) is 68.5 Å². The van der Waals surface area contributed by atoms with E-state index in [2.05, 4.69) is 22.5 Å². The third kappa shape index (κ3) is 3.88. The molecule has 2 N–H and O–H groups in total. The third-order valence-corrected chi connectivity index (χ3v) is 5.83.